The summed E-state index contributed by atoms with van der Waals surface area (Å²) in [5.41, 5.74) is 0.408. The number of hydrogen-bond donors (Lipinski definition) is 0. The summed E-state index contributed by atoms with van der Waals surface area (Å²) in [7, 11) is -3.13. The average Bonchev–Trinajstić information content (AvgIpc) is 3.60. The largest absolute Gasteiger partial charge is 0.417 e. The molecule has 0 bridgehead atoms. The van der Waals surface area contributed by atoms with Gasteiger partial charge in [0.1, 0.15) is 5.69 Å². The van der Waals surface area contributed by atoms with Gasteiger partial charge < -0.3 is 0 Å². The zero-order valence-electron chi connectivity index (χ0n) is 19.2. The van der Waals surface area contributed by atoms with E-state index < -0.39 is 30.8 Å². The molecule has 1 saturated carbocycles. The highest BCUT2D eigenvalue weighted by molar-refractivity contribution is 8.12. The predicted octanol–water partition coefficient (Wildman–Crippen LogP) is 5.74. The highest BCUT2D eigenvalue weighted by Gasteiger charge is 2.35. The molecular weight excluding hydrogens is 551 g/mol. The number of sulfone groups is 1. The third-order valence-corrected chi connectivity index (χ3v) is 9.19. The average molecular weight is 570 g/mol. The van der Waals surface area contributed by atoms with E-state index in [0.717, 1.165) is 24.5 Å². The first-order valence-corrected chi connectivity index (χ1v) is 15.1. The number of fused-ring (bicyclic) bond motifs is 1. The summed E-state index contributed by atoms with van der Waals surface area (Å²) in [5.74, 6) is 0.292. The lowest BCUT2D eigenvalue weighted by Crippen LogP contribution is -2.14. The van der Waals surface area contributed by atoms with E-state index in [9.17, 15) is 30.0 Å². The maximum atomic E-state index is 13.4. The van der Waals surface area contributed by atoms with E-state index >= 15 is 0 Å². The van der Waals surface area contributed by atoms with Crippen molar-refractivity contribution in [1.29, 1.82) is 0 Å². The van der Waals surface area contributed by atoms with Crippen LogP contribution in [0.3, 0.4) is 0 Å². The van der Waals surface area contributed by atoms with E-state index in [0.29, 0.717) is 23.7 Å². The first-order chi connectivity index (χ1) is 17.3. The molecule has 2 aliphatic heterocycles. The van der Waals surface area contributed by atoms with Gasteiger partial charge in [-0.15, -0.1) is 0 Å². The molecule has 7 nitrogen and oxygen atoms in total. The molecule has 194 valence electrons. The van der Waals surface area contributed by atoms with Crippen LogP contribution in [0, 0.1) is 0 Å². The number of alkyl halides is 3. The highest BCUT2D eigenvalue weighted by atomic mass is 35.7. The second kappa shape index (κ2) is 8.81. The van der Waals surface area contributed by atoms with Gasteiger partial charge in [-0.1, -0.05) is 31.2 Å². The summed E-state index contributed by atoms with van der Waals surface area (Å²) in [6.07, 6.45) is -0.789. The van der Waals surface area contributed by atoms with Crippen molar-refractivity contribution in [2.75, 3.05) is 5.75 Å². The van der Waals surface area contributed by atoms with Gasteiger partial charge in [0.25, 0.3) is 0 Å². The Labute approximate surface area is 215 Å². The molecule has 0 saturated heterocycles. The maximum absolute atomic E-state index is 13.4. The Morgan fingerprint density at radius 3 is 2.24 bits per heavy atom. The van der Waals surface area contributed by atoms with Crippen LogP contribution >= 0.6 is 10.7 Å². The van der Waals surface area contributed by atoms with Crippen LogP contribution in [0.15, 0.2) is 59.8 Å². The van der Waals surface area contributed by atoms with Crippen molar-refractivity contribution in [2.24, 2.45) is 0 Å². The fourth-order valence-corrected chi connectivity index (χ4v) is 6.13. The number of hydrogen-bond acceptors (Lipinski definition) is 6. The molecule has 0 radical (unpaired) electrons. The van der Waals surface area contributed by atoms with Gasteiger partial charge in [0.2, 0.25) is 0 Å². The molecule has 3 heterocycles. The molecule has 3 aliphatic rings. The summed E-state index contributed by atoms with van der Waals surface area (Å²) in [5, 5.41) is 0. The highest BCUT2D eigenvalue weighted by Crippen LogP contribution is 2.41. The minimum Gasteiger partial charge on any atom is -0.253 e. The molecule has 0 unspecified atom stereocenters. The molecule has 1 fully saturated rings. The van der Waals surface area contributed by atoms with Crippen molar-refractivity contribution in [3.63, 3.8) is 0 Å². The SMILES string of the molecule is CCS(=O)(=O)c1cc(-c2ccc(C3CC3)cc2)cnc1-c1cc2n(S(=O)(=O)Cl)cc(C(F)(F)F)cc-2n1. The number of rotatable bonds is 6. The normalized spacial score (nSPS) is 14.8. The molecular formula is C24H19ClF3N3O4S2. The standard InChI is InChI=1S/C24H19ClF3N3O4S2/c1-2-36(32,33)22-9-17(16-7-5-15(6-8-16)14-3-4-14)12-29-23(22)20-11-21-19(30-20)10-18(24(26,27)28)13-31(21)37(25,34)35/h5-14H,2-4H2,1H3. The Bertz CT molecular complexity index is 1700. The van der Waals surface area contributed by atoms with Crippen molar-refractivity contribution in [2.45, 2.75) is 36.8 Å². The molecule has 1 aromatic heterocycles. The third-order valence-electron chi connectivity index (χ3n) is 6.23. The summed E-state index contributed by atoms with van der Waals surface area (Å²) in [6.45, 7) is 1.45. The molecule has 2 aromatic rings. The van der Waals surface area contributed by atoms with Gasteiger partial charge in [-0.25, -0.2) is 17.4 Å². The van der Waals surface area contributed by atoms with Gasteiger partial charge in [0, 0.05) is 28.6 Å². The van der Waals surface area contributed by atoms with Gasteiger partial charge >= 0.3 is 15.4 Å². The first-order valence-electron chi connectivity index (χ1n) is 11.2. The fourth-order valence-electron chi connectivity index (χ4n) is 4.09. The summed E-state index contributed by atoms with van der Waals surface area (Å²) in [6, 6.07) is 11.0. The third kappa shape index (κ3) is 4.97. The molecule has 1 aliphatic carbocycles. The predicted molar refractivity (Wildman–Crippen MR) is 132 cm³/mol. The lowest BCUT2D eigenvalue weighted by Gasteiger charge is -2.13. The first kappa shape index (κ1) is 25.7. The minimum absolute atomic E-state index is 0.106. The van der Waals surface area contributed by atoms with Crippen LogP contribution in [0.5, 0.6) is 0 Å². The Morgan fingerprint density at radius 2 is 1.68 bits per heavy atom. The van der Waals surface area contributed by atoms with E-state index in [-0.39, 0.29) is 37.4 Å². The quantitative estimate of drug-likeness (QED) is 0.275. The summed E-state index contributed by atoms with van der Waals surface area (Å²) in [4.78, 5) is 8.25. The van der Waals surface area contributed by atoms with Crippen molar-refractivity contribution >= 4 is 29.8 Å². The number of nitrogens with zero attached hydrogens (tertiary/aromatic N) is 3. The fraction of sp³-hybridized carbons (Fsp3) is 0.250. The zero-order valence-corrected chi connectivity index (χ0v) is 21.6. The molecule has 0 amide bonds. The van der Waals surface area contributed by atoms with Crippen molar-refractivity contribution < 1.29 is 30.0 Å². The van der Waals surface area contributed by atoms with Crippen LogP contribution in [0.4, 0.5) is 13.2 Å². The molecule has 0 N–H and O–H groups in total. The summed E-state index contributed by atoms with van der Waals surface area (Å²) < 4.78 is 90.5. The van der Waals surface area contributed by atoms with Gasteiger partial charge in [-0.3, -0.25) is 4.98 Å². The van der Waals surface area contributed by atoms with Crippen molar-refractivity contribution in [1.82, 2.24) is 13.9 Å². The zero-order chi connectivity index (χ0) is 26.8. The van der Waals surface area contributed by atoms with Crippen LogP contribution in [0.1, 0.15) is 36.8 Å². The molecule has 13 heteroatoms. The monoisotopic (exact) mass is 569 g/mol. The van der Waals surface area contributed by atoms with Gasteiger partial charge in [0.05, 0.1) is 33.3 Å². The summed E-state index contributed by atoms with van der Waals surface area (Å²) >= 11 is 0. The Hall–Kier alpha value is -2.96. The number of halogens is 4. The van der Waals surface area contributed by atoms with E-state index in [1.54, 1.807) is 0 Å². The maximum Gasteiger partial charge on any atom is 0.417 e. The van der Waals surface area contributed by atoms with Gasteiger partial charge in [-0.2, -0.15) is 21.6 Å². The van der Waals surface area contributed by atoms with E-state index in [1.165, 1.54) is 24.8 Å². The van der Waals surface area contributed by atoms with Crippen LogP contribution in [-0.2, 0) is 25.3 Å². The van der Waals surface area contributed by atoms with E-state index in [2.05, 4.69) is 9.97 Å². The Kier molecular flexibility index (Phi) is 6.12. The van der Waals surface area contributed by atoms with Crippen LogP contribution in [0.2, 0.25) is 0 Å². The van der Waals surface area contributed by atoms with Gasteiger partial charge in [-0.05, 0) is 48.1 Å². The second-order valence-electron chi connectivity index (χ2n) is 8.75. The van der Waals surface area contributed by atoms with Crippen molar-refractivity contribution in [3.05, 3.63) is 66.0 Å². The van der Waals surface area contributed by atoms with Gasteiger partial charge in [0.15, 0.2) is 9.84 Å². The van der Waals surface area contributed by atoms with Crippen molar-refractivity contribution in [3.8, 4) is 33.9 Å². The van der Waals surface area contributed by atoms with E-state index in [4.69, 9.17) is 10.7 Å². The van der Waals surface area contributed by atoms with E-state index in [1.807, 2.05) is 24.3 Å². The number of benzene rings is 1. The lowest BCUT2D eigenvalue weighted by atomic mass is 10.0. The molecule has 1 aromatic carbocycles. The van der Waals surface area contributed by atoms with Crippen LogP contribution < -0.4 is 0 Å². The number of pyridine rings is 2. The lowest BCUT2D eigenvalue weighted by molar-refractivity contribution is -0.137. The smallest absolute Gasteiger partial charge is 0.253 e. The van der Waals surface area contributed by atoms with Crippen LogP contribution in [-0.4, -0.2) is 36.5 Å². The Balaban J connectivity index is 1.69. The molecule has 37 heavy (non-hydrogen) atoms. The molecule has 5 rings (SSSR count). The molecule has 0 atom stereocenters. The minimum atomic E-state index is -4.87. The van der Waals surface area contributed by atoms with Crippen LogP contribution in [0.25, 0.3) is 33.9 Å². The second-order valence-corrected chi connectivity index (χ2v) is 13.4. The Morgan fingerprint density at radius 1 is 1.00 bits per heavy atom. The topological polar surface area (TPSA) is 99.0 Å². The number of aromatic nitrogens is 3. The molecule has 0 spiro atoms.